The van der Waals surface area contributed by atoms with Crippen molar-refractivity contribution in [1.82, 2.24) is 0 Å². The maximum absolute atomic E-state index is 12.7. The number of hydrogen-bond donors (Lipinski definition) is 2. The van der Waals surface area contributed by atoms with Gasteiger partial charge in [-0.05, 0) is 70.6 Å². The number of quaternary nitrogens is 1. The van der Waals surface area contributed by atoms with Crippen LogP contribution in [0.4, 0.5) is 0 Å². The number of allylic oxidation sites excluding steroid dienone is 11. The van der Waals surface area contributed by atoms with Crippen molar-refractivity contribution < 1.29 is 47.2 Å². The van der Waals surface area contributed by atoms with E-state index in [1.807, 2.05) is 52.4 Å². The Bertz CT molecular complexity index is 1220. The summed E-state index contributed by atoms with van der Waals surface area (Å²) in [5.41, 5.74) is 0. The standard InChI is InChI=1S/C46H80NO9P/c1-6-8-9-10-11-12-13-14-15-20-23-26-29-32-35-38-46(50)56-44(42-55-57(51,52)54-40-39-47(3,4)5)41-53-45(49)37-34-31-28-25-22-19-17-16-18-21-24-27-30-33-36-43(48)7-2/h12-13,17-19,21,25,27-28,30,33,36,43-44,48H,6-11,14-16,20,22-24,26,29,31-32,34-35,37-42H2,1-5H3/p+1/b13-12-,19-17-,21-18-,28-25-,30-27-,36-33+/t43-,44+/m0/s1. The summed E-state index contributed by atoms with van der Waals surface area (Å²) >= 11 is 0. The number of carbonyl (C=O) groups is 2. The molecule has 0 rings (SSSR count). The van der Waals surface area contributed by atoms with E-state index in [0.717, 1.165) is 51.4 Å². The summed E-state index contributed by atoms with van der Waals surface area (Å²) in [5, 5.41) is 9.48. The second-order valence-electron chi connectivity index (χ2n) is 15.5. The van der Waals surface area contributed by atoms with E-state index < -0.39 is 32.5 Å². The van der Waals surface area contributed by atoms with Gasteiger partial charge in [0.2, 0.25) is 0 Å². The minimum Gasteiger partial charge on any atom is -0.462 e. The first-order chi connectivity index (χ1) is 27.4. The zero-order chi connectivity index (χ0) is 42.3. The van der Waals surface area contributed by atoms with Crippen LogP contribution >= 0.6 is 7.82 Å². The fourth-order valence-corrected chi connectivity index (χ4v) is 6.03. The molecule has 0 aliphatic heterocycles. The number of esters is 2. The summed E-state index contributed by atoms with van der Waals surface area (Å²) in [5.74, 6) is -0.898. The smallest absolute Gasteiger partial charge is 0.462 e. The Labute approximate surface area is 347 Å². The molecule has 0 radical (unpaired) electrons. The number of ether oxygens (including phenoxy) is 2. The molecule has 0 aliphatic rings. The lowest BCUT2D eigenvalue weighted by molar-refractivity contribution is -0.870. The van der Waals surface area contributed by atoms with Crippen molar-refractivity contribution in [2.24, 2.45) is 0 Å². The van der Waals surface area contributed by atoms with Gasteiger partial charge < -0.3 is 24.0 Å². The number of phosphoric acid groups is 1. The quantitative estimate of drug-likeness (QED) is 0.0156. The van der Waals surface area contributed by atoms with E-state index in [1.54, 1.807) is 6.08 Å². The highest BCUT2D eigenvalue weighted by Gasteiger charge is 2.27. The fourth-order valence-electron chi connectivity index (χ4n) is 5.29. The molecule has 0 aromatic carbocycles. The molecule has 0 bridgehead atoms. The maximum Gasteiger partial charge on any atom is 0.472 e. The number of hydrogen-bond acceptors (Lipinski definition) is 8. The molecule has 328 valence electrons. The van der Waals surface area contributed by atoms with Crippen molar-refractivity contribution in [3.63, 3.8) is 0 Å². The summed E-state index contributed by atoms with van der Waals surface area (Å²) in [6.45, 7) is 3.98. The largest absolute Gasteiger partial charge is 0.472 e. The molecule has 0 aliphatic carbocycles. The van der Waals surface area contributed by atoms with Crippen LogP contribution in [0.1, 0.15) is 149 Å². The molecular formula is C46H81NO9P+. The summed E-state index contributed by atoms with van der Waals surface area (Å²) < 4.78 is 34.2. The van der Waals surface area contributed by atoms with E-state index in [0.29, 0.717) is 30.3 Å². The van der Waals surface area contributed by atoms with E-state index in [9.17, 15) is 24.2 Å². The first-order valence-corrected chi connectivity index (χ1v) is 23.3. The molecule has 0 saturated heterocycles. The lowest BCUT2D eigenvalue weighted by Crippen LogP contribution is -2.37. The summed E-state index contributed by atoms with van der Waals surface area (Å²) in [6.07, 6.45) is 43.3. The molecule has 0 spiro atoms. The van der Waals surface area contributed by atoms with Gasteiger partial charge in [-0.25, -0.2) is 4.57 Å². The van der Waals surface area contributed by atoms with Crippen LogP contribution in [0.5, 0.6) is 0 Å². The third kappa shape index (κ3) is 41.4. The molecule has 0 fully saturated rings. The van der Waals surface area contributed by atoms with Crippen LogP contribution < -0.4 is 0 Å². The normalized spacial score (nSPS) is 14.9. The van der Waals surface area contributed by atoms with Gasteiger partial charge in [0.1, 0.15) is 19.8 Å². The molecule has 0 amide bonds. The van der Waals surface area contributed by atoms with Gasteiger partial charge in [-0.3, -0.25) is 18.6 Å². The van der Waals surface area contributed by atoms with Gasteiger partial charge in [-0.1, -0.05) is 138 Å². The third-order valence-electron chi connectivity index (χ3n) is 8.88. The molecule has 1 unspecified atom stereocenters. The zero-order valence-electron chi connectivity index (χ0n) is 36.4. The van der Waals surface area contributed by atoms with Crippen molar-refractivity contribution in [2.45, 2.75) is 161 Å². The fraction of sp³-hybridized carbons (Fsp3) is 0.696. The molecule has 0 heterocycles. The second-order valence-corrected chi connectivity index (χ2v) is 17.0. The molecule has 0 aromatic rings. The van der Waals surface area contributed by atoms with Crippen molar-refractivity contribution >= 4 is 19.8 Å². The zero-order valence-corrected chi connectivity index (χ0v) is 37.3. The monoisotopic (exact) mass is 823 g/mol. The van der Waals surface area contributed by atoms with Gasteiger partial charge in [0.05, 0.1) is 33.9 Å². The average Bonchev–Trinajstić information content (AvgIpc) is 3.16. The highest BCUT2D eigenvalue weighted by Crippen LogP contribution is 2.43. The predicted molar refractivity (Wildman–Crippen MR) is 235 cm³/mol. The van der Waals surface area contributed by atoms with E-state index in [2.05, 4.69) is 49.5 Å². The number of phosphoric ester groups is 1. The number of rotatable bonds is 38. The third-order valence-corrected chi connectivity index (χ3v) is 9.86. The Morgan fingerprint density at radius 3 is 1.77 bits per heavy atom. The molecule has 3 atom stereocenters. The number of carbonyl (C=O) groups excluding carboxylic acids is 2. The predicted octanol–water partition coefficient (Wildman–Crippen LogP) is 11.2. The van der Waals surface area contributed by atoms with Gasteiger partial charge in [-0.2, -0.15) is 0 Å². The molecule has 2 N–H and O–H groups in total. The Balaban J connectivity index is 4.50. The molecule has 57 heavy (non-hydrogen) atoms. The van der Waals surface area contributed by atoms with Crippen LogP contribution in [0.25, 0.3) is 0 Å². The summed E-state index contributed by atoms with van der Waals surface area (Å²) in [4.78, 5) is 35.3. The highest BCUT2D eigenvalue weighted by atomic mass is 31.2. The molecule has 11 heteroatoms. The van der Waals surface area contributed by atoms with Gasteiger partial charge in [-0.15, -0.1) is 0 Å². The van der Waals surface area contributed by atoms with E-state index in [4.69, 9.17) is 18.5 Å². The number of aliphatic hydroxyl groups is 1. The van der Waals surface area contributed by atoms with Gasteiger partial charge in [0.25, 0.3) is 0 Å². The Morgan fingerprint density at radius 2 is 1.16 bits per heavy atom. The number of aliphatic hydroxyl groups excluding tert-OH is 1. The van der Waals surface area contributed by atoms with Crippen LogP contribution in [0.2, 0.25) is 0 Å². The van der Waals surface area contributed by atoms with Crippen molar-refractivity contribution in [1.29, 1.82) is 0 Å². The first-order valence-electron chi connectivity index (χ1n) is 21.8. The minimum absolute atomic E-state index is 0.0126. The average molecular weight is 823 g/mol. The number of likely N-dealkylation sites (N-methyl/N-ethyl adjacent to an activating group) is 1. The molecular weight excluding hydrogens is 741 g/mol. The van der Waals surface area contributed by atoms with E-state index >= 15 is 0 Å². The lowest BCUT2D eigenvalue weighted by atomic mass is 10.1. The van der Waals surface area contributed by atoms with Gasteiger partial charge >= 0.3 is 19.8 Å². The topological polar surface area (TPSA) is 129 Å². The second kappa shape index (κ2) is 37.7. The molecule has 10 nitrogen and oxygen atoms in total. The SMILES string of the molecule is CCCCCC/C=C\CCCCCCCCCC(=O)O[C@H](COC(=O)CCC/C=C\C/C=C\C/C=C\C/C=C\C=C\[C@@H](O)CC)COP(=O)(O)OCC[N+](C)(C)C. The Hall–Kier alpha value is -2.59. The minimum atomic E-state index is -4.40. The molecule has 0 aromatic heterocycles. The first kappa shape index (κ1) is 54.4. The molecule has 0 saturated carbocycles. The Kier molecular flexibility index (Phi) is 36.0. The van der Waals surface area contributed by atoms with Gasteiger partial charge in [0.15, 0.2) is 6.10 Å². The van der Waals surface area contributed by atoms with Crippen molar-refractivity contribution in [2.75, 3.05) is 47.5 Å². The number of unbranched alkanes of at least 4 members (excludes halogenated alkanes) is 12. The summed E-state index contributed by atoms with van der Waals surface area (Å²) in [7, 11) is 1.41. The van der Waals surface area contributed by atoms with Crippen LogP contribution in [-0.4, -0.2) is 86.1 Å². The van der Waals surface area contributed by atoms with Crippen molar-refractivity contribution in [3.05, 3.63) is 72.9 Å². The summed E-state index contributed by atoms with van der Waals surface area (Å²) in [6, 6.07) is 0. The van der Waals surface area contributed by atoms with Crippen molar-refractivity contribution in [3.8, 4) is 0 Å². The van der Waals surface area contributed by atoms with Crippen LogP contribution in [0.15, 0.2) is 72.9 Å². The van der Waals surface area contributed by atoms with E-state index in [1.165, 1.54) is 51.4 Å². The lowest BCUT2D eigenvalue weighted by Gasteiger charge is -2.24. The highest BCUT2D eigenvalue weighted by molar-refractivity contribution is 7.47. The number of nitrogens with zero attached hydrogens (tertiary/aromatic N) is 1. The Morgan fingerprint density at radius 1 is 0.632 bits per heavy atom. The van der Waals surface area contributed by atoms with Crippen LogP contribution in [0.3, 0.4) is 0 Å². The van der Waals surface area contributed by atoms with E-state index in [-0.39, 0.29) is 32.2 Å². The maximum atomic E-state index is 12.7. The van der Waals surface area contributed by atoms with Crippen LogP contribution in [-0.2, 0) is 32.7 Å². The van der Waals surface area contributed by atoms with Gasteiger partial charge in [0, 0.05) is 12.8 Å². The van der Waals surface area contributed by atoms with Crippen LogP contribution in [0, 0.1) is 0 Å².